The maximum Gasteiger partial charge on any atom is 0.220 e. The molecule has 0 saturated heterocycles. The van der Waals surface area contributed by atoms with Crippen molar-refractivity contribution in [3.05, 3.63) is 0 Å². The van der Waals surface area contributed by atoms with Crippen molar-refractivity contribution in [3.63, 3.8) is 0 Å². The molecular weight excluding hydrogens is 380 g/mol. The second kappa shape index (κ2) is 18.2. The Labute approximate surface area is 184 Å². The van der Waals surface area contributed by atoms with Crippen molar-refractivity contribution in [1.82, 2.24) is 10.2 Å². The summed E-state index contributed by atoms with van der Waals surface area (Å²) in [5.74, 6) is 0.368. The Morgan fingerprint density at radius 2 is 1.63 bits per heavy atom. The van der Waals surface area contributed by atoms with E-state index in [0.29, 0.717) is 38.4 Å². The van der Waals surface area contributed by atoms with Crippen molar-refractivity contribution in [2.75, 3.05) is 33.9 Å². The van der Waals surface area contributed by atoms with Gasteiger partial charge < -0.3 is 25.5 Å². The fraction of sp³-hybridized carbons (Fsp3) is 0.870. The monoisotopic (exact) mass is 426 g/mol. The number of nitrogens with one attached hydrogen (secondary N) is 1. The summed E-state index contributed by atoms with van der Waals surface area (Å²) in [5, 5.41) is 2.93. The molecule has 7 nitrogen and oxygen atoms in total. The van der Waals surface area contributed by atoms with Crippen molar-refractivity contribution in [1.29, 1.82) is 0 Å². The summed E-state index contributed by atoms with van der Waals surface area (Å²) in [6.45, 7) is 5.29. The van der Waals surface area contributed by atoms with Gasteiger partial charge in [0, 0.05) is 33.7 Å². The summed E-state index contributed by atoms with van der Waals surface area (Å²) in [6, 6.07) is 0. The fourth-order valence-electron chi connectivity index (χ4n) is 3.24. The third-order valence-electron chi connectivity index (χ3n) is 5.20. The summed E-state index contributed by atoms with van der Waals surface area (Å²) >= 11 is 0. The third kappa shape index (κ3) is 14.4. The van der Waals surface area contributed by atoms with Gasteiger partial charge in [-0.15, -0.1) is 0 Å². The van der Waals surface area contributed by atoms with E-state index in [4.69, 9.17) is 10.5 Å². The minimum absolute atomic E-state index is 0.0824. The fourth-order valence-corrected chi connectivity index (χ4v) is 3.24. The van der Waals surface area contributed by atoms with Crippen LogP contribution in [0.15, 0.2) is 4.99 Å². The molecule has 0 aliphatic carbocycles. The van der Waals surface area contributed by atoms with E-state index in [1.165, 1.54) is 44.9 Å². The Balaban J connectivity index is 4.33. The maximum absolute atomic E-state index is 12.4. The average molecular weight is 427 g/mol. The Morgan fingerprint density at radius 3 is 2.17 bits per heavy atom. The van der Waals surface area contributed by atoms with Crippen LogP contribution in [0.3, 0.4) is 0 Å². The number of hydrogen-bond acceptors (Lipinski definition) is 4. The zero-order valence-corrected chi connectivity index (χ0v) is 19.9. The molecule has 0 saturated carbocycles. The SMILES string of the molecule is CCCCCCCCCCCC(=O)NC(C=O)(CCCN=C(N)N(C)C)COCC. The van der Waals surface area contributed by atoms with Crippen LogP contribution in [0.5, 0.6) is 0 Å². The van der Waals surface area contributed by atoms with Crippen LogP contribution in [0.25, 0.3) is 0 Å². The van der Waals surface area contributed by atoms with Gasteiger partial charge in [0.1, 0.15) is 11.8 Å². The first-order valence-electron chi connectivity index (χ1n) is 11.7. The number of hydrogen-bond donors (Lipinski definition) is 2. The number of nitrogens with two attached hydrogens (primary N) is 1. The van der Waals surface area contributed by atoms with Crippen molar-refractivity contribution in [3.8, 4) is 0 Å². The third-order valence-corrected chi connectivity index (χ3v) is 5.20. The molecule has 1 atom stereocenters. The zero-order valence-electron chi connectivity index (χ0n) is 19.9. The summed E-state index contributed by atoms with van der Waals surface area (Å²) < 4.78 is 5.49. The molecule has 0 fully saturated rings. The summed E-state index contributed by atoms with van der Waals surface area (Å²) in [5.41, 5.74) is 4.80. The molecule has 0 spiro atoms. The van der Waals surface area contributed by atoms with Gasteiger partial charge in [0.15, 0.2) is 5.96 Å². The Kier molecular flexibility index (Phi) is 17.2. The van der Waals surface area contributed by atoms with Crippen molar-refractivity contribution in [2.45, 2.75) is 96.4 Å². The molecule has 0 aliphatic heterocycles. The molecule has 0 radical (unpaired) electrons. The molecule has 0 aromatic carbocycles. The molecule has 0 bridgehead atoms. The van der Waals surface area contributed by atoms with E-state index in [2.05, 4.69) is 17.2 Å². The Morgan fingerprint density at radius 1 is 1.03 bits per heavy atom. The number of unbranched alkanes of at least 4 members (excludes halogenated alkanes) is 8. The predicted octanol–water partition coefficient (Wildman–Crippen LogP) is 3.65. The largest absolute Gasteiger partial charge is 0.379 e. The molecule has 176 valence electrons. The number of carbonyl (C=O) groups is 2. The van der Waals surface area contributed by atoms with Gasteiger partial charge in [0.2, 0.25) is 5.91 Å². The maximum atomic E-state index is 12.4. The van der Waals surface area contributed by atoms with Crippen molar-refractivity contribution in [2.24, 2.45) is 10.7 Å². The lowest BCUT2D eigenvalue weighted by atomic mass is 9.95. The molecule has 30 heavy (non-hydrogen) atoms. The average Bonchev–Trinajstić information content (AvgIpc) is 2.73. The number of nitrogens with zero attached hydrogens (tertiary/aromatic N) is 2. The molecule has 7 heteroatoms. The molecule has 0 aromatic rings. The first-order chi connectivity index (χ1) is 14.4. The highest BCUT2D eigenvalue weighted by molar-refractivity contribution is 5.81. The molecule has 0 aliphatic rings. The lowest BCUT2D eigenvalue weighted by molar-refractivity contribution is -0.129. The highest BCUT2D eigenvalue weighted by Gasteiger charge is 2.31. The van der Waals surface area contributed by atoms with E-state index in [1.54, 1.807) is 4.90 Å². The molecule has 1 unspecified atom stereocenters. The molecule has 0 rings (SSSR count). The van der Waals surface area contributed by atoms with Gasteiger partial charge in [-0.25, -0.2) is 0 Å². The van der Waals surface area contributed by atoms with E-state index < -0.39 is 5.54 Å². The standard InChI is InChI=1S/C23H46N4O3/c1-5-7-8-9-10-11-12-13-14-16-21(29)26-23(19-28,20-30-6-2)17-15-18-25-22(24)27(3)4/h19H,5-18,20H2,1-4H3,(H2,24,25)(H,26,29). The smallest absolute Gasteiger partial charge is 0.220 e. The van der Waals surface area contributed by atoms with Gasteiger partial charge >= 0.3 is 0 Å². The normalized spacial score (nSPS) is 13.7. The number of aliphatic imine (C=N–C) groups is 1. The number of guanidine groups is 1. The second-order valence-electron chi connectivity index (χ2n) is 8.28. The van der Waals surface area contributed by atoms with Crippen LogP contribution < -0.4 is 11.1 Å². The molecule has 0 heterocycles. The van der Waals surface area contributed by atoms with Crippen LogP contribution in [0.4, 0.5) is 0 Å². The zero-order chi connectivity index (χ0) is 22.7. The summed E-state index contributed by atoms with van der Waals surface area (Å²) in [7, 11) is 3.66. The van der Waals surface area contributed by atoms with Gasteiger partial charge in [0.05, 0.1) is 6.61 Å². The van der Waals surface area contributed by atoms with E-state index in [1.807, 2.05) is 21.0 Å². The van der Waals surface area contributed by atoms with Crippen molar-refractivity contribution >= 4 is 18.2 Å². The first kappa shape index (κ1) is 28.4. The highest BCUT2D eigenvalue weighted by atomic mass is 16.5. The second-order valence-corrected chi connectivity index (χ2v) is 8.28. The van der Waals surface area contributed by atoms with Crippen LogP contribution >= 0.6 is 0 Å². The lowest BCUT2D eigenvalue weighted by Crippen LogP contribution is -2.53. The molecule has 0 aromatic heterocycles. The van der Waals surface area contributed by atoms with Gasteiger partial charge in [-0.3, -0.25) is 9.79 Å². The highest BCUT2D eigenvalue weighted by Crippen LogP contribution is 2.14. The number of carbonyl (C=O) groups excluding carboxylic acids is 2. The minimum atomic E-state index is -0.991. The van der Waals surface area contributed by atoms with E-state index in [-0.39, 0.29) is 12.5 Å². The minimum Gasteiger partial charge on any atom is -0.379 e. The van der Waals surface area contributed by atoms with Gasteiger partial charge in [-0.05, 0) is 26.2 Å². The summed E-state index contributed by atoms with van der Waals surface area (Å²) in [4.78, 5) is 30.3. The number of aldehydes is 1. The van der Waals surface area contributed by atoms with E-state index >= 15 is 0 Å². The van der Waals surface area contributed by atoms with Crippen molar-refractivity contribution < 1.29 is 14.3 Å². The Hall–Kier alpha value is -1.63. The number of rotatable bonds is 19. The topological polar surface area (TPSA) is 97.0 Å². The van der Waals surface area contributed by atoms with Crippen LogP contribution in [0, 0.1) is 0 Å². The van der Waals surface area contributed by atoms with Crippen LogP contribution in [0.2, 0.25) is 0 Å². The molecule has 3 N–H and O–H groups in total. The molecule has 1 amide bonds. The van der Waals surface area contributed by atoms with Crippen LogP contribution in [-0.4, -0.2) is 62.4 Å². The predicted molar refractivity (Wildman–Crippen MR) is 125 cm³/mol. The lowest BCUT2D eigenvalue weighted by Gasteiger charge is -2.29. The van der Waals surface area contributed by atoms with E-state index in [0.717, 1.165) is 19.1 Å². The van der Waals surface area contributed by atoms with Crippen LogP contribution in [0.1, 0.15) is 90.9 Å². The number of ether oxygens (including phenoxy) is 1. The quantitative estimate of drug-likeness (QED) is 0.142. The Bertz CT molecular complexity index is 483. The van der Waals surface area contributed by atoms with E-state index in [9.17, 15) is 9.59 Å². The van der Waals surface area contributed by atoms with Gasteiger partial charge in [-0.2, -0.15) is 0 Å². The molecular formula is C23H46N4O3. The van der Waals surface area contributed by atoms with Gasteiger partial charge in [0.25, 0.3) is 0 Å². The summed E-state index contributed by atoms with van der Waals surface area (Å²) in [6.07, 6.45) is 13.2. The van der Waals surface area contributed by atoms with Crippen LogP contribution in [-0.2, 0) is 14.3 Å². The van der Waals surface area contributed by atoms with Gasteiger partial charge in [-0.1, -0.05) is 58.3 Å². The number of amides is 1. The first-order valence-corrected chi connectivity index (χ1v) is 11.7.